The van der Waals surface area contributed by atoms with Gasteiger partial charge in [0, 0.05) is 72.6 Å². The van der Waals surface area contributed by atoms with Gasteiger partial charge < -0.3 is 14.5 Å². The molecule has 2 aliphatic rings. The van der Waals surface area contributed by atoms with E-state index in [0.717, 1.165) is 76.5 Å². The second-order valence-corrected chi connectivity index (χ2v) is 11.2. The molecule has 2 aliphatic heterocycles. The van der Waals surface area contributed by atoms with Gasteiger partial charge in [0.05, 0.1) is 11.9 Å². The molecular formula is C34H35N5OS. The first kappa shape index (κ1) is 27.1. The lowest BCUT2D eigenvalue weighted by Gasteiger charge is -2.38. The largest absolute Gasteiger partial charge is 0.456 e. The molecule has 0 atom stereocenters. The number of anilines is 2. The highest BCUT2D eigenvalue weighted by molar-refractivity contribution is 8.16. The zero-order valence-electron chi connectivity index (χ0n) is 24.0. The van der Waals surface area contributed by atoms with Crippen LogP contribution in [0.5, 0.6) is 11.5 Å². The quantitative estimate of drug-likeness (QED) is 0.163. The fourth-order valence-corrected chi connectivity index (χ4v) is 7.42. The lowest BCUT2D eigenvalue weighted by molar-refractivity contribution is 0.448. The van der Waals surface area contributed by atoms with Gasteiger partial charge in [0.2, 0.25) is 0 Å². The molecule has 6 rings (SSSR count). The Morgan fingerprint density at radius 2 is 1.37 bits per heavy atom. The minimum Gasteiger partial charge on any atom is -0.456 e. The van der Waals surface area contributed by atoms with Gasteiger partial charge in [0.15, 0.2) is 0 Å². The van der Waals surface area contributed by atoms with Crippen LogP contribution in [0, 0.1) is 0 Å². The van der Waals surface area contributed by atoms with Crippen molar-refractivity contribution in [1.82, 2.24) is 4.98 Å². The van der Waals surface area contributed by atoms with E-state index >= 15 is 0 Å². The average Bonchev–Trinajstić information content (AvgIpc) is 3.33. The molecule has 0 saturated heterocycles. The maximum absolute atomic E-state index is 6.77. The van der Waals surface area contributed by atoms with Crippen molar-refractivity contribution in [1.29, 1.82) is 0 Å². The molecule has 3 heterocycles. The average molecular weight is 562 g/mol. The number of nitrogens with zero attached hydrogens (tertiary/aromatic N) is 5. The number of hydrogen-bond acceptors (Lipinski definition) is 7. The summed E-state index contributed by atoms with van der Waals surface area (Å²) in [5.74, 6) is 1.78. The van der Waals surface area contributed by atoms with Crippen molar-refractivity contribution in [3.05, 3.63) is 113 Å². The fraction of sp³-hybridized carbons (Fsp3) is 0.265. The van der Waals surface area contributed by atoms with Gasteiger partial charge in [-0.3, -0.25) is 4.98 Å². The first-order valence-electron chi connectivity index (χ1n) is 14.4. The van der Waals surface area contributed by atoms with E-state index in [1.165, 1.54) is 5.56 Å². The molecule has 0 fully saturated rings. The van der Waals surface area contributed by atoms with E-state index in [2.05, 4.69) is 108 Å². The monoisotopic (exact) mass is 561 g/mol. The Bertz CT molecular complexity index is 1550. The van der Waals surface area contributed by atoms with Crippen molar-refractivity contribution in [3.63, 3.8) is 0 Å². The predicted molar refractivity (Wildman–Crippen MR) is 172 cm³/mol. The van der Waals surface area contributed by atoms with Crippen LogP contribution in [0.2, 0.25) is 0 Å². The van der Waals surface area contributed by atoms with Crippen molar-refractivity contribution in [3.8, 4) is 11.5 Å². The van der Waals surface area contributed by atoms with Crippen molar-refractivity contribution in [2.24, 2.45) is 10.2 Å². The van der Waals surface area contributed by atoms with Crippen LogP contribution < -0.4 is 14.5 Å². The lowest BCUT2D eigenvalue weighted by Crippen LogP contribution is -2.29. The van der Waals surface area contributed by atoms with Crippen molar-refractivity contribution >= 4 is 34.4 Å². The van der Waals surface area contributed by atoms with Crippen molar-refractivity contribution < 1.29 is 4.74 Å². The molecule has 0 aliphatic carbocycles. The third-order valence-electron chi connectivity index (χ3n) is 7.98. The molecule has 41 heavy (non-hydrogen) atoms. The molecule has 4 aromatic rings. The molecule has 208 valence electrons. The normalized spacial score (nSPS) is 15.5. The molecular weight excluding hydrogens is 526 g/mol. The number of fused-ring (bicyclic) bond motifs is 6. The van der Waals surface area contributed by atoms with Crippen LogP contribution in [0.4, 0.5) is 11.4 Å². The number of aromatic nitrogens is 1. The summed E-state index contributed by atoms with van der Waals surface area (Å²) in [4.78, 5) is 9.06. The number of rotatable bonds is 8. The van der Waals surface area contributed by atoms with E-state index in [1.807, 2.05) is 18.2 Å². The number of benzene rings is 3. The van der Waals surface area contributed by atoms with Gasteiger partial charge >= 0.3 is 0 Å². The van der Waals surface area contributed by atoms with Gasteiger partial charge in [-0.2, -0.15) is 5.10 Å². The molecule has 3 aromatic carbocycles. The smallest absolute Gasteiger partial charge is 0.134 e. The van der Waals surface area contributed by atoms with Crippen LogP contribution in [0.15, 0.2) is 95.3 Å². The zero-order chi connectivity index (χ0) is 28.4. The Morgan fingerprint density at radius 1 is 0.756 bits per heavy atom. The summed E-state index contributed by atoms with van der Waals surface area (Å²) in [5, 5.41) is 10.1. The highest BCUT2D eigenvalue weighted by atomic mass is 32.2. The molecule has 0 unspecified atom stereocenters. The van der Waals surface area contributed by atoms with E-state index in [0.29, 0.717) is 0 Å². The second-order valence-electron chi connectivity index (χ2n) is 10.0. The van der Waals surface area contributed by atoms with Gasteiger partial charge in [0.25, 0.3) is 0 Å². The van der Waals surface area contributed by atoms with Gasteiger partial charge in [0.1, 0.15) is 21.3 Å². The van der Waals surface area contributed by atoms with Crippen LogP contribution in [0.25, 0.3) is 0 Å². The minimum atomic E-state index is -0.511. The van der Waals surface area contributed by atoms with Crippen molar-refractivity contribution in [2.45, 2.75) is 32.4 Å². The van der Waals surface area contributed by atoms with E-state index < -0.39 is 4.75 Å². The van der Waals surface area contributed by atoms with Crippen LogP contribution >= 0.6 is 11.8 Å². The van der Waals surface area contributed by atoms with Gasteiger partial charge in [-0.15, -0.1) is 5.10 Å². The standard InChI is InChI=1S/C34H35N5OS/c1-5-38(6-2)25-16-18-29-31(21-25)40-32-22-26(39(7-3)8-4)17-19-30(32)34(29)28-15-10-9-14-27(28)33(41-34)37-36-23-24-13-11-12-20-35-24/h9-23H,5-8H2,1-4H3/b36-23+,37-33+. The van der Waals surface area contributed by atoms with E-state index in [-0.39, 0.29) is 0 Å². The summed E-state index contributed by atoms with van der Waals surface area (Å²) in [5.41, 5.74) is 7.66. The van der Waals surface area contributed by atoms with Crippen molar-refractivity contribution in [2.75, 3.05) is 36.0 Å². The first-order chi connectivity index (χ1) is 20.1. The minimum absolute atomic E-state index is 0.511. The maximum atomic E-state index is 6.77. The number of ether oxygens (including phenoxy) is 1. The van der Waals surface area contributed by atoms with E-state index in [4.69, 9.17) is 9.84 Å². The molecule has 0 bridgehead atoms. The van der Waals surface area contributed by atoms with Crippen LogP contribution in [-0.2, 0) is 4.75 Å². The molecule has 6 nitrogen and oxygen atoms in total. The van der Waals surface area contributed by atoms with E-state index in [9.17, 15) is 0 Å². The predicted octanol–water partition coefficient (Wildman–Crippen LogP) is 7.70. The Hall–Kier alpha value is -4.10. The topological polar surface area (TPSA) is 53.3 Å². The summed E-state index contributed by atoms with van der Waals surface area (Å²) in [6.45, 7) is 12.5. The molecule has 7 heteroatoms. The highest BCUT2D eigenvalue weighted by Crippen LogP contribution is 2.63. The molecule has 0 amide bonds. The lowest BCUT2D eigenvalue weighted by atomic mass is 9.80. The first-order valence-corrected chi connectivity index (χ1v) is 15.2. The number of hydrogen-bond donors (Lipinski definition) is 0. The summed E-state index contributed by atoms with van der Waals surface area (Å²) in [6.07, 6.45) is 3.47. The molecule has 0 radical (unpaired) electrons. The van der Waals surface area contributed by atoms with Crippen LogP contribution in [0.3, 0.4) is 0 Å². The van der Waals surface area contributed by atoms with E-state index in [1.54, 1.807) is 24.2 Å². The van der Waals surface area contributed by atoms with Gasteiger partial charge in [-0.1, -0.05) is 54.2 Å². The van der Waals surface area contributed by atoms with Crippen LogP contribution in [0.1, 0.15) is 55.6 Å². The Kier molecular flexibility index (Phi) is 7.54. The second kappa shape index (κ2) is 11.4. The number of pyridine rings is 1. The zero-order valence-corrected chi connectivity index (χ0v) is 24.9. The Labute approximate surface area is 246 Å². The van der Waals surface area contributed by atoms with Gasteiger partial charge in [-0.25, -0.2) is 0 Å². The number of thioether (sulfide) groups is 1. The molecule has 0 N–H and O–H groups in total. The Morgan fingerprint density at radius 3 is 1.95 bits per heavy atom. The molecule has 1 aromatic heterocycles. The highest BCUT2D eigenvalue weighted by Gasteiger charge is 2.51. The molecule has 1 spiro atoms. The summed E-state index contributed by atoms with van der Waals surface area (Å²) in [6, 6.07) is 27.7. The maximum Gasteiger partial charge on any atom is 0.134 e. The summed E-state index contributed by atoms with van der Waals surface area (Å²) >= 11 is 1.74. The van der Waals surface area contributed by atoms with Gasteiger partial charge in [-0.05, 0) is 57.5 Å². The summed E-state index contributed by atoms with van der Waals surface area (Å²) < 4.78 is 6.26. The third kappa shape index (κ3) is 4.68. The summed E-state index contributed by atoms with van der Waals surface area (Å²) in [7, 11) is 0. The SMILES string of the molecule is CCN(CC)c1ccc2c(c1)Oc1cc(N(CC)CC)ccc1C21S/C(=N/N=C/c2ccccn2)c2ccccc21. The Balaban J connectivity index is 1.54. The van der Waals surface area contributed by atoms with Crippen LogP contribution in [-0.4, -0.2) is 42.4 Å². The third-order valence-corrected chi connectivity index (χ3v) is 9.44. The fourth-order valence-electron chi connectivity index (χ4n) is 5.91. The molecule has 0 saturated carbocycles.